The van der Waals surface area contributed by atoms with Crippen molar-refractivity contribution < 1.29 is 24.2 Å². The standard InChI is InChI=1S/C26H29N3O5/c1-16-8-13-20-21(28(16)26(32)33-2)14-15-22-23(20)27-25(34-19-6-4-3-5-7-19)29(22)18-11-9-17(10-12-18)24(30)31/h3-7,14-18H,8-13H2,1-2H3,(H,30,31)/t16-,17-,18-/m0/s1. The lowest BCUT2D eigenvalue weighted by Crippen LogP contribution is -2.42. The molecule has 2 aliphatic rings. The first-order chi connectivity index (χ1) is 16.5. The Balaban J connectivity index is 1.61. The molecule has 1 fully saturated rings. The maximum absolute atomic E-state index is 12.5. The number of anilines is 1. The minimum Gasteiger partial charge on any atom is -0.481 e. The number of hydrogen-bond donors (Lipinski definition) is 1. The molecule has 0 spiro atoms. The van der Waals surface area contributed by atoms with Crippen molar-refractivity contribution in [1.29, 1.82) is 0 Å². The molecule has 1 saturated carbocycles. The first-order valence-electron chi connectivity index (χ1n) is 11.8. The van der Waals surface area contributed by atoms with Crippen molar-refractivity contribution in [2.45, 2.75) is 57.5 Å². The second kappa shape index (κ2) is 9.00. The van der Waals surface area contributed by atoms with Crippen LogP contribution < -0.4 is 9.64 Å². The monoisotopic (exact) mass is 463 g/mol. The Morgan fingerprint density at radius 2 is 1.76 bits per heavy atom. The van der Waals surface area contributed by atoms with Crippen molar-refractivity contribution in [2.24, 2.45) is 5.92 Å². The zero-order valence-electron chi connectivity index (χ0n) is 19.4. The number of methoxy groups -OCH3 is 1. The molecule has 8 nitrogen and oxygen atoms in total. The van der Waals surface area contributed by atoms with Gasteiger partial charge in [-0.3, -0.25) is 14.3 Å². The second-order valence-electron chi connectivity index (χ2n) is 9.18. The molecule has 1 N–H and O–H groups in total. The number of amides is 1. The van der Waals surface area contributed by atoms with Gasteiger partial charge in [0.1, 0.15) is 5.75 Å². The number of nitrogens with zero attached hydrogens (tertiary/aromatic N) is 3. The Hall–Kier alpha value is -3.55. The summed E-state index contributed by atoms with van der Waals surface area (Å²) < 4.78 is 13.4. The second-order valence-corrected chi connectivity index (χ2v) is 9.18. The third-order valence-corrected chi connectivity index (χ3v) is 7.16. The van der Waals surface area contributed by atoms with Gasteiger partial charge in [0, 0.05) is 17.6 Å². The van der Waals surface area contributed by atoms with Crippen LogP contribution in [0.4, 0.5) is 10.5 Å². The maximum atomic E-state index is 12.5. The number of aryl methyl sites for hydroxylation is 1. The average molecular weight is 464 g/mol. The summed E-state index contributed by atoms with van der Waals surface area (Å²) in [6.07, 6.45) is 3.99. The van der Waals surface area contributed by atoms with E-state index in [2.05, 4.69) is 4.57 Å². The molecule has 178 valence electrons. The number of aliphatic carboxylic acids is 1. The lowest BCUT2D eigenvalue weighted by Gasteiger charge is -2.34. The number of carbonyl (C=O) groups excluding carboxylic acids is 1. The number of aromatic nitrogens is 2. The molecule has 0 bridgehead atoms. The summed E-state index contributed by atoms with van der Waals surface area (Å²) in [5, 5.41) is 9.43. The van der Waals surface area contributed by atoms with Gasteiger partial charge >= 0.3 is 18.1 Å². The number of imidazole rings is 1. The smallest absolute Gasteiger partial charge is 0.414 e. The Labute approximate surface area is 198 Å². The quantitative estimate of drug-likeness (QED) is 0.545. The van der Waals surface area contributed by atoms with E-state index in [-0.39, 0.29) is 24.1 Å². The number of carboxylic acids is 1. The highest BCUT2D eigenvalue weighted by molar-refractivity contribution is 5.95. The molecule has 0 saturated heterocycles. The van der Waals surface area contributed by atoms with Gasteiger partial charge in [0.25, 0.3) is 0 Å². The van der Waals surface area contributed by atoms with Crippen LogP contribution in [0.1, 0.15) is 50.6 Å². The van der Waals surface area contributed by atoms with E-state index in [4.69, 9.17) is 14.5 Å². The summed E-state index contributed by atoms with van der Waals surface area (Å²) in [7, 11) is 1.40. The Kier molecular flexibility index (Phi) is 5.89. The van der Waals surface area contributed by atoms with Crippen molar-refractivity contribution in [2.75, 3.05) is 12.0 Å². The van der Waals surface area contributed by atoms with Crippen molar-refractivity contribution in [3.63, 3.8) is 0 Å². The van der Waals surface area contributed by atoms with E-state index >= 15 is 0 Å². The first-order valence-corrected chi connectivity index (χ1v) is 11.8. The summed E-state index contributed by atoms with van der Waals surface area (Å²) >= 11 is 0. The molecule has 1 aliphatic carbocycles. The van der Waals surface area contributed by atoms with Crippen molar-refractivity contribution >= 4 is 28.8 Å². The van der Waals surface area contributed by atoms with Crippen LogP contribution >= 0.6 is 0 Å². The van der Waals surface area contributed by atoms with Crippen molar-refractivity contribution in [3.05, 3.63) is 48.0 Å². The first kappa shape index (κ1) is 22.3. The van der Waals surface area contributed by atoms with Crippen LogP contribution in [0, 0.1) is 5.92 Å². The molecule has 1 atom stereocenters. The van der Waals surface area contributed by atoms with Crippen LogP contribution in [0.3, 0.4) is 0 Å². The van der Waals surface area contributed by atoms with E-state index in [1.807, 2.05) is 49.4 Å². The molecule has 34 heavy (non-hydrogen) atoms. The average Bonchev–Trinajstić information content (AvgIpc) is 3.22. The van der Waals surface area contributed by atoms with Gasteiger partial charge in [0.15, 0.2) is 0 Å². The van der Waals surface area contributed by atoms with Gasteiger partial charge in [-0.05, 0) is 69.7 Å². The topological polar surface area (TPSA) is 93.9 Å². The fourth-order valence-electron chi connectivity index (χ4n) is 5.35. The summed E-state index contributed by atoms with van der Waals surface area (Å²) in [4.78, 5) is 30.6. The van der Waals surface area contributed by atoms with Crippen LogP contribution in [-0.4, -0.2) is 39.9 Å². The van der Waals surface area contributed by atoms with Gasteiger partial charge < -0.3 is 14.6 Å². The molecule has 2 aromatic carbocycles. The molecule has 1 aliphatic heterocycles. The number of hydrogen-bond acceptors (Lipinski definition) is 5. The number of ether oxygens (including phenoxy) is 2. The van der Waals surface area contributed by atoms with Crippen molar-refractivity contribution in [1.82, 2.24) is 9.55 Å². The number of benzene rings is 2. The molecule has 0 unspecified atom stereocenters. The lowest BCUT2D eigenvalue weighted by atomic mass is 9.86. The number of fused-ring (bicyclic) bond motifs is 3. The van der Waals surface area contributed by atoms with Gasteiger partial charge in [-0.1, -0.05) is 18.2 Å². The SMILES string of the molecule is COC(=O)N1c2ccc3c(nc(Oc4ccccc4)n3[C@H]3CC[C@H](C(=O)O)CC3)c2CC[C@@H]1C. The van der Waals surface area contributed by atoms with E-state index < -0.39 is 5.97 Å². The molecule has 1 amide bonds. The molecular weight excluding hydrogens is 434 g/mol. The highest BCUT2D eigenvalue weighted by atomic mass is 16.5. The van der Waals surface area contributed by atoms with Crippen LogP contribution in [-0.2, 0) is 16.0 Å². The van der Waals surface area contributed by atoms with E-state index in [0.29, 0.717) is 24.6 Å². The lowest BCUT2D eigenvalue weighted by molar-refractivity contribution is -0.143. The third-order valence-electron chi connectivity index (χ3n) is 7.16. The minimum atomic E-state index is -0.721. The number of carbonyl (C=O) groups is 2. The highest BCUT2D eigenvalue weighted by Gasteiger charge is 2.34. The predicted octanol–water partition coefficient (Wildman–Crippen LogP) is 5.55. The minimum absolute atomic E-state index is 0.0332. The Morgan fingerprint density at radius 3 is 2.44 bits per heavy atom. The summed E-state index contributed by atoms with van der Waals surface area (Å²) in [5.41, 5.74) is 3.60. The molecule has 5 rings (SSSR count). The Morgan fingerprint density at radius 1 is 1.03 bits per heavy atom. The van der Waals surface area contributed by atoms with E-state index in [0.717, 1.165) is 48.0 Å². The number of para-hydroxylation sites is 1. The van der Waals surface area contributed by atoms with Crippen LogP contribution in [0.5, 0.6) is 11.8 Å². The van der Waals surface area contributed by atoms with E-state index in [1.165, 1.54) is 7.11 Å². The largest absolute Gasteiger partial charge is 0.481 e. The van der Waals surface area contributed by atoms with E-state index in [9.17, 15) is 14.7 Å². The van der Waals surface area contributed by atoms with Crippen LogP contribution in [0.15, 0.2) is 42.5 Å². The molecule has 0 radical (unpaired) electrons. The zero-order chi connectivity index (χ0) is 23.8. The third kappa shape index (κ3) is 3.87. The molecule has 2 heterocycles. The summed E-state index contributed by atoms with van der Waals surface area (Å²) in [6, 6.07) is 14.1. The molecule has 1 aromatic heterocycles. The van der Waals surface area contributed by atoms with Gasteiger partial charge in [0.2, 0.25) is 0 Å². The van der Waals surface area contributed by atoms with Gasteiger partial charge in [-0.15, -0.1) is 0 Å². The Bertz CT molecular complexity index is 1210. The highest BCUT2D eigenvalue weighted by Crippen LogP contribution is 2.42. The molecule has 3 aromatic rings. The predicted molar refractivity (Wildman–Crippen MR) is 128 cm³/mol. The number of carboxylic acid groups (broad SMARTS) is 1. The van der Waals surface area contributed by atoms with Gasteiger partial charge in [-0.2, -0.15) is 4.98 Å². The fourth-order valence-corrected chi connectivity index (χ4v) is 5.35. The maximum Gasteiger partial charge on any atom is 0.414 e. The van der Waals surface area contributed by atoms with Crippen molar-refractivity contribution in [3.8, 4) is 11.8 Å². The number of rotatable bonds is 4. The molecule has 8 heteroatoms. The zero-order valence-corrected chi connectivity index (χ0v) is 19.4. The molecular formula is C26H29N3O5. The fraction of sp³-hybridized carbons (Fsp3) is 0.423. The van der Waals surface area contributed by atoms with E-state index in [1.54, 1.807) is 4.90 Å². The van der Waals surface area contributed by atoms with Crippen LogP contribution in [0.2, 0.25) is 0 Å². The normalized spacial score (nSPS) is 22.3. The van der Waals surface area contributed by atoms with Gasteiger partial charge in [0.05, 0.1) is 29.7 Å². The van der Waals surface area contributed by atoms with Gasteiger partial charge in [-0.25, -0.2) is 4.79 Å². The summed E-state index contributed by atoms with van der Waals surface area (Å²) in [6.45, 7) is 2.02. The van der Waals surface area contributed by atoms with Crippen LogP contribution in [0.25, 0.3) is 11.0 Å². The summed E-state index contributed by atoms with van der Waals surface area (Å²) in [5.74, 6) is -0.329.